The zero-order chi connectivity index (χ0) is 17.3. The Kier molecular flexibility index (Phi) is 4.86. The summed E-state index contributed by atoms with van der Waals surface area (Å²) in [7, 11) is 0. The van der Waals surface area contributed by atoms with Crippen molar-refractivity contribution in [3.63, 3.8) is 0 Å². The summed E-state index contributed by atoms with van der Waals surface area (Å²) in [6, 6.07) is 11.1. The smallest absolute Gasteiger partial charge is 0.231 e. The van der Waals surface area contributed by atoms with Crippen molar-refractivity contribution in [2.24, 2.45) is 11.3 Å². The number of carbonyl (C=O) groups excluding carboxylic acids is 1. The largest absolute Gasteiger partial charge is 0.341 e. The number of likely N-dealkylation sites (tertiary alicyclic amines) is 2. The van der Waals surface area contributed by atoms with Crippen molar-refractivity contribution in [2.75, 3.05) is 26.2 Å². The van der Waals surface area contributed by atoms with Crippen molar-refractivity contribution < 1.29 is 4.79 Å². The van der Waals surface area contributed by atoms with Crippen LogP contribution in [0.2, 0.25) is 0 Å². The number of piperidine rings is 1. The van der Waals surface area contributed by atoms with E-state index in [1.807, 2.05) is 0 Å². The fourth-order valence-corrected chi connectivity index (χ4v) is 5.32. The lowest BCUT2D eigenvalue weighted by Gasteiger charge is -2.55. The van der Waals surface area contributed by atoms with Crippen LogP contribution in [-0.2, 0) is 4.79 Å². The molecule has 2 heterocycles. The van der Waals surface area contributed by atoms with Crippen LogP contribution in [0.15, 0.2) is 30.3 Å². The molecule has 0 radical (unpaired) electrons. The predicted octanol–water partition coefficient (Wildman–Crippen LogP) is 4.25. The van der Waals surface area contributed by atoms with Crippen LogP contribution in [0.5, 0.6) is 0 Å². The Hall–Kier alpha value is -1.35. The van der Waals surface area contributed by atoms with Gasteiger partial charge in [-0.15, -0.1) is 0 Å². The molecule has 1 aromatic rings. The topological polar surface area (TPSA) is 23.6 Å². The van der Waals surface area contributed by atoms with Crippen LogP contribution in [0.25, 0.3) is 0 Å². The normalized spacial score (nSPS) is 29.6. The van der Waals surface area contributed by atoms with Gasteiger partial charge in [0.25, 0.3) is 0 Å². The van der Waals surface area contributed by atoms with E-state index < -0.39 is 0 Å². The minimum absolute atomic E-state index is 0.0735. The summed E-state index contributed by atoms with van der Waals surface area (Å²) < 4.78 is 0. The number of hydrogen-bond donors (Lipinski definition) is 0. The molecule has 0 N–H and O–H groups in total. The molecule has 25 heavy (non-hydrogen) atoms. The van der Waals surface area contributed by atoms with E-state index in [0.717, 1.165) is 44.9 Å². The van der Waals surface area contributed by atoms with E-state index in [0.29, 0.717) is 11.9 Å². The van der Waals surface area contributed by atoms with E-state index in [4.69, 9.17) is 0 Å². The monoisotopic (exact) mass is 340 g/mol. The Morgan fingerprint density at radius 1 is 1.08 bits per heavy atom. The highest BCUT2D eigenvalue weighted by Gasteiger charge is 2.54. The average molecular weight is 341 g/mol. The molecule has 3 nitrogen and oxygen atoms in total. The van der Waals surface area contributed by atoms with Gasteiger partial charge in [0.1, 0.15) is 0 Å². The molecule has 1 aromatic carbocycles. The molecule has 2 saturated heterocycles. The van der Waals surface area contributed by atoms with Crippen LogP contribution in [0.4, 0.5) is 0 Å². The highest BCUT2D eigenvalue weighted by Crippen LogP contribution is 2.43. The lowest BCUT2D eigenvalue weighted by molar-refractivity contribution is -0.168. The highest BCUT2D eigenvalue weighted by atomic mass is 16.2. The Balaban J connectivity index is 1.37. The van der Waals surface area contributed by atoms with Crippen LogP contribution >= 0.6 is 0 Å². The molecule has 3 fully saturated rings. The second kappa shape index (κ2) is 7.11. The minimum Gasteiger partial charge on any atom is -0.341 e. The van der Waals surface area contributed by atoms with Gasteiger partial charge in [0.05, 0.1) is 5.41 Å². The van der Waals surface area contributed by atoms with Crippen molar-refractivity contribution in [1.82, 2.24) is 9.80 Å². The van der Waals surface area contributed by atoms with Crippen molar-refractivity contribution >= 4 is 5.91 Å². The van der Waals surface area contributed by atoms with Crippen molar-refractivity contribution in [2.45, 2.75) is 57.9 Å². The standard InChI is InChI=1S/C22H32N2O/c1-18(20-11-6-3-7-12-20)23-14-8-13-22(16-23)17-24(21(22)25)15-19-9-4-2-5-10-19/h3,6-7,11-12,18-19H,2,4-5,8-10,13-17H2,1H3/t18-,22-/m0/s1. The van der Waals surface area contributed by atoms with Gasteiger partial charge in [0.2, 0.25) is 5.91 Å². The molecule has 3 aliphatic rings. The second-order valence-corrected chi connectivity index (χ2v) is 8.63. The van der Waals surface area contributed by atoms with Crippen LogP contribution in [0.1, 0.15) is 63.5 Å². The van der Waals surface area contributed by atoms with E-state index in [1.165, 1.54) is 37.7 Å². The summed E-state index contributed by atoms with van der Waals surface area (Å²) in [5.74, 6) is 1.21. The molecule has 136 valence electrons. The molecule has 1 amide bonds. The molecule has 1 saturated carbocycles. The summed E-state index contributed by atoms with van der Waals surface area (Å²) in [5, 5.41) is 0. The van der Waals surface area contributed by atoms with Crippen LogP contribution < -0.4 is 0 Å². The van der Waals surface area contributed by atoms with Gasteiger partial charge in [-0.1, -0.05) is 49.6 Å². The number of rotatable bonds is 4. The third-order valence-corrected chi connectivity index (χ3v) is 6.87. The first-order valence-corrected chi connectivity index (χ1v) is 10.3. The Morgan fingerprint density at radius 3 is 2.56 bits per heavy atom. The molecular weight excluding hydrogens is 308 g/mol. The molecule has 1 aliphatic carbocycles. The molecule has 0 unspecified atom stereocenters. The Bertz CT molecular complexity index is 595. The third-order valence-electron chi connectivity index (χ3n) is 6.87. The van der Waals surface area contributed by atoms with Crippen LogP contribution in [-0.4, -0.2) is 41.9 Å². The summed E-state index contributed by atoms with van der Waals surface area (Å²) in [6.45, 7) is 6.38. The number of nitrogens with zero attached hydrogens (tertiary/aromatic N) is 2. The molecule has 2 aliphatic heterocycles. The van der Waals surface area contributed by atoms with Gasteiger partial charge in [0, 0.05) is 25.7 Å². The first kappa shape index (κ1) is 17.1. The molecular formula is C22H32N2O. The predicted molar refractivity (Wildman–Crippen MR) is 101 cm³/mol. The van der Waals surface area contributed by atoms with Gasteiger partial charge in [-0.3, -0.25) is 9.69 Å². The van der Waals surface area contributed by atoms with Gasteiger partial charge < -0.3 is 4.90 Å². The fourth-order valence-electron chi connectivity index (χ4n) is 5.32. The second-order valence-electron chi connectivity index (χ2n) is 8.63. The van der Waals surface area contributed by atoms with Crippen molar-refractivity contribution in [3.8, 4) is 0 Å². The lowest BCUT2D eigenvalue weighted by Crippen LogP contribution is -2.67. The van der Waals surface area contributed by atoms with Gasteiger partial charge in [-0.05, 0) is 50.6 Å². The molecule has 0 bridgehead atoms. The maximum Gasteiger partial charge on any atom is 0.231 e. The summed E-state index contributed by atoms with van der Waals surface area (Å²) in [5.41, 5.74) is 1.29. The summed E-state index contributed by atoms with van der Waals surface area (Å²) >= 11 is 0. The minimum atomic E-state index is -0.0735. The van der Waals surface area contributed by atoms with Crippen LogP contribution in [0.3, 0.4) is 0 Å². The summed E-state index contributed by atoms with van der Waals surface area (Å²) in [4.78, 5) is 17.7. The zero-order valence-corrected chi connectivity index (χ0v) is 15.6. The lowest BCUT2D eigenvalue weighted by atomic mass is 9.71. The molecule has 0 aromatic heterocycles. The number of amides is 1. The van der Waals surface area contributed by atoms with E-state index in [-0.39, 0.29) is 5.41 Å². The van der Waals surface area contributed by atoms with E-state index >= 15 is 0 Å². The van der Waals surface area contributed by atoms with Crippen molar-refractivity contribution in [3.05, 3.63) is 35.9 Å². The third kappa shape index (κ3) is 3.36. The highest BCUT2D eigenvalue weighted by molar-refractivity contribution is 5.89. The van der Waals surface area contributed by atoms with Gasteiger partial charge in [-0.25, -0.2) is 0 Å². The van der Waals surface area contributed by atoms with Gasteiger partial charge in [-0.2, -0.15) is 0 Å². The molecule has 3 heteroatoms. The van der Waals surface area contributed by atoms with Crippen molar-refractivity contribution in [1.29, 1.82) is 0 Å². The van der Waals surface area contributed by atoms with E-state index in [1.54, 1.807) is 0 Å². The van der Waals surface area contributed by atoms with E-state index in [2.05, 4.69) is 47.1 Å². The molecule has 1 spiro atoms. The maximum atomic E-state index is 13.0. The first-order valence-electron chi connectivity index (χ1n) is 10.3. The Morgan fingerprint density at radius 2 is 1.84 bits per heavy atom. The Labute approximate surface area is 152 Å². The first-order chi connectivity index (χ1) is 12.2. The average Bonchev–Trinajstić information content (AvgIpc) is 2.68. The van der Waals surface area contributed by atoms with E-state index in [9.17, 15) is 4.79 Å². The SMILES string of the molecule is C[C@@H](c1ccccc1)N1CCC[C@@]2(CN(CC3CCCCC3)C2=O)C1. The van der Waals surface area contributed by atoms with Gasteiger partial charge >= 0.3 is 0 Å². The molecule has 4 rings (SSSR count). The quantitative estimate of drug-likeness (QED) is 0.765. The number of β-lactam (4-membered cyclic amide) rings is 1. The number of benzene rings is 1. The zero-order valence-electron chi connectivity index (χ0n) is 15.6. The number of hydrogen-bond acceptors (Lipinski definition) is 2. The van der Waals surface area contributed by atoms with Crippen LogP contribution in [0, 0.1) is 11.3 Å². The number of carbonyl (C=O) groups is 1. The summed E-state index contributed by atoms with van der Waals surface area (Å²) in [6.07, 6.45) is 9.01. The van der Waals surface area contributed by atoms with Gasteiger partial charge in [0.15, 0.2) is 0 Å². The fraction of sp³-hybridized carbons (Fsp3) is 0.682. The molecule has 2 atom stereocenters. The maximum absolute atomic E-state index is 13.0.